The molecular weight excluding hydrogens is 257 g/mol. The molecular formula is C12H10FNO3S. The molecule has 6 heteroatoms. The molecule has 0 saturated carbocycles. The first-order valence-electron chi connectivity index (χ1n) is 5.13. The molecule has 0 aliphatic rings. The minimum atomic E-state index is -1.11. The number of ether oxygens (including phenoxy) is 1. The third-order valence-electron chi connectivity index (χ3n) is 2.34. The van der Waals surface area contributed by atoms with Gasteiger partial charge in [0, 0.05) is 10.9 Å². The lowest BCUT2D eigenvalue weighted by molar-refractivity contribution is 0.0692. The highest BCUT2D eigenvalue weighted by Gasteiger charge is 2.15. The Balaban J connectivity index is 2.11. The SMILES string of the molecule is Cc1ccc(COc2nscc2C(=O)O)c(F)c1. The zero-order valence-corrected chi connectivity index (χ0v) is 10.3. The maximum atomic E-state index is 13.5. The van der Waals surface area contributed by atoms with Crippen LogP contribution in [0.4, 0.5) is 4.39 Å². The van der Waals surface area contributed by atoms with Crippen molar-refractivity contribution in [1.29, 1.82) is 0 Å². The molecule has 0 fully saturated rings. The summed E-state index contributed by atoms with van der Waals surface area (Å²) in [5, 5.41) is 10.2. The first-order chi connectivity index (χ1) is 8.58. The second kappa shape index (κ2) is 5.14. The molecule has 0 aliphatic heterocycles. The van der Waals surface area contributed by atoms with E-state index in [1.54, 1.807) is 19.1 Å². The summed E-state index contributed by atoms with van der Waals surface area (Å²) < 4.78 is 22.6. The maximum absolute atomic E-state index is 13.5. The van der Waals surface area contributed by atoms with Crippen molar-refractivity contribution in [2.24, 2.45) is 0 Å². The van der Waals surface area contributed by atoms with Crippen LogP contribution in [0.5, 0.6) is 5.88 Å². The molecule has 1 heterocycles. The average Bonchev–Trinajstić information content (AvgIpc) is 2.76. The van der Waals surface area contributed by atoms with Gasteiger partial charge in [0.05, 0.1) is 0 Å². The van der Waals surface area contributed by atoms with Gasteiger partial charge in [0.15, 0.2) is 0 Å². The number of benzene rings is 1. The molecule has 0 unspecified atom stereocenters. The van der Waals surface area contributed by atoms with E-state index in [0.29, 0.717) is 5.56 Å². The predicted molar refractivity (Wildman–Crippen MR) is 64.5 cm³/mol. The van der Waals surface area contributed by atoms with Crippen molar-refractivity contribution in [3.05, 3.63) is 46.1 Å². The van der Waals surface area contributed by atoms with Crippen LogP contribution in [0, 0.1) is 12.7 Å². The Morgan fingerprint density at radius 3 is 3.00 bits per heavy atom. The molecule has 1 aromatic heterocycles. The number of hydrogen-bond acceptors (Lipinski definition) is 4. The largest absolute Gasteiger partial charge is 0.477 e. The van der Waals surface area contributed by atoms with Crippen LogP contribution in [-0.4, -0.2) is 15.4 Å². The van der Waals surface area contributed by atoms with Crippen LogP contribution in [0.2, 0.25) is 0 Å². The van der Waals surface area contributed by atoms with Crippen molar-refractivity contribution in [1.82, 2.24) is 4.37 Å². The molecule has 1 N–H and O–H groups in total. The maximum Gasteiger partial charge on any atom is 0.342 e. The van der Waals surface area contributed by atoms with Gasteiger partial charge in [-0.1, -0.05) is 12.1 Å². The zero-order chi connectivity index (χ0) is 13.1. The Bertz CT molecular complexity index is 582. The molecule has 0 bridgehead atoms. The quantitative estimate of drug-likeness (QED) is 0.925. The Hall–Kier alpha value is -1.95. The third-order valence-corrected chi connectivity index (χ3v) is 2.95. The fourth-order valence-electron chi connectivity index (χ4n) is 1.39. The second-order valence-electron chi connectivity index (χ2n) is 3.72. The summed E-state index contributed by atoms with van der Waals surface area (Å²) >= 11 is 0.987. The zero-order valence-electron chi connectivity index (χ0n) is 9.51. The number of halogens is 1. The van der Waals surface area contributed by atoms with E-state index in [4.69, 9.17) is 9.84 Å². The summed E-state index contributed by atoms with van der Waals surface area (Å²) in [6.07, 6.45) is 0. The summed E-state index contributed by atoms with van der Waals surface area (Å²) in [6.45, 7) is 1.74. The minimum Gasteiger partial charge on any atom is -0.477 e. The molecule has 2 aromatic rings. The van der Waals surface area contributed by atoms with E-state index in [2.05, 4.69) is 4.37 Å². The van der Waals surface area contributed by atoms with Gasteiger partial charge in [0.25, 0.3) is 0 Å². The first kappa shape index (κ1) is 12.5. The van der Waals surface area contributed by atoms with E-state index in [9.17, 15) is 9.18 Å². The number of aromatic carboxylic acids is 1. The molecule has 0 atom stereocenters. The van der Waals surface area contributed by atoms with Gasteiger partial charge >= 0.3 is 5.97 Å². The van der Waals surface area contributed by atoms with Gasteiger partial charge in [-0.25, -0.2) is 9.18 Å². The lowest BCUT2D eigenvalue weighted by Gasteiger charge is -2.06. The summed E-state index contributed by atoms with van der Waals surface area (Å²) in [6, 6.07) is 4.77. The Morgan fingerprint density at radius 1 is 1.56 bits per heavy atom. The van der Waals surface area contributed by atoms with Crippen molar-refractivity contribution in [2.45, 2.75) is 13.5 Å². The molecule has 0 amide bonds. The van der Waals surface area contributed by atoms with Crippen LogP contribution < -0.4 is 4.74 Å². The molecule has 0 radical (unpaired) electrons. The van der Waals surface area contributed by atoms with Crippen LogP contribution in [0.1, 0.15) is 21.5 Å². The lowest BCUT2D eigenvalue weighted by atomic mass is 10.1. The number of carboxylic acid groups (broad SMARTS) is 1. The molecule has 0 spiro atoms. The van der Waals surface area contributed by atoms with E-state index in [1.165, 1.54) is 11.4 Å². The van der Waals surface area contributed by atoms with Crippen molar-refractivity contribution in [2.75, 3.05) is 0 Å². The number of hydrogen-bond donors (Lipinski definition) is 1. The van der Waals surface area contributed by atoms with E-state index >= 15 is 0 Å². The molecule has 1 aromatic carbocycles. The van der Waals surface area contributed by atoms with Gasteiger partial charge in [-0.3, -0.25) is 0 Å². The summed E-state index contributed by atoms with van der Waals surface area (Å²) in [7, 11) is 0. The van der Waals surface area contributed by atoms with E-state index in [-0.39, 0.29) is 23.9 Å². The molecule has 18 heavy (non-hydrogen) atoms. The number of rotatable bonds is 4. The van der Waals surface area contributed by atoms with Gasteiger partial charge in [0.1, 0.15) is 18.0 Å². The monoisotopic (exact) mass is 267 g/mol. The van der Waals surface area contributed by atoms with Crippen LogP contribution in [0.25, 0.3) is 0 Å². The van der Waals surface area contributed by atoms with E-state index < -0.39 is 5.97 Å². The Labute approximate surface area is 107 Å². The van der Waals surface area contributed by atoms with Crippen molar-refractivity contribution in [3.63, 3.8) is 0 Å². The average molecular weight is 267 g/mol. The smallest absolute Gasteiger partial charge is 0.342 e. The molecule has 2 rings (SSSR count). The summed E-state index contributed by atoms with van der Waals surface area (Å²) in [5.74, 6) is -1.46. The van der Waals surface area contributed by atoms with Gasteiger partial charge < -0.3 is 9.84 Å². The van der Waals surface area contributed by atoms with E-state index in [0.717, 1.165) is 17.1 Å². The van der Waals surface area contributed by atoms with Crippen molar-refractivity contribution in [3.8, 4) is 5.88 Å². The number of carboxylic acids is 1. The second-order valence-corrected chi connectivity index (χ2v) is 4.35. The van der Waals surface area contributed by atoms with Crippen molar-refractivity contribution >= 4 is 17.5 Å². The standard InChI is InChI=1S/C12H10FNO3S/c1-7-2-3-8(10(13)4-7)5-17-11-9(12(15)16)6-18-14-11/h2-4,6H,5H2,1H3,(H,15,16). The van der Waals surface area contributed by atoms with Gasteiger partial charge in [-0.05, 0) is 30.1 Å². The highest BCUT2D eigenvalue weighted by molar-refractivity contribution is 7.04. The van der Waals surface area contributed by atoms with Gasteiger partial charge in [-0.2, -0.15) is 4.37 Å². The summed E-state index contributed by atoms with van der Waals surface area (Å²) in [5.41, 5.74) is 1.17. The van der Waals surface area contributed by atoms with Gasteiger partial charge in [0.2, 0.25) is 5.88 Å². The van der Waals surface area contributed by atoms with Crippen LogP contribution >= 0.6 is 11.5 Å². The molecule has 0 aliphatic carbocycles. The Morgan fingerprint density at radius 2 is 2.33 bits per heavy atom. The minimum absolute atomic E-state index is 0.00693. The van der Waals surface area contributed by atoms with E-state index in [1.807, 2.05) is 0 Å². The van der Waals surface area contributed by atoms with Crippen molar-refractivity contribution < 1.29 is 19.0 Å². The van der Waals surface area contributed by atoms with Crippen LogP contribution in [0.15, 0.2) is 23.6 Å². The number of aromatic nitrogens is 1. The first-order valence-corrected chi connectivity index (χ1v) is 5.97. The predicted octanol–water partition coefficient (Wildman–Crippen LogP) is 2.87. The fraction of sp³-hybridized carbons (Fsp3) is 0.167. The summed E-state index contributed by atoms with van der Waals surface area (Å²) in [4.78, 5) is 10.8. The highest BCUT2D eigenvalue weighted by atomic mass is 32.1. The normalized spacial score (nSPS) is 10.3. The lowest BCUT2D eigenvalue weighted by Crippen LogP contribution is -2.03. The van der Waals surface area contributed by atoms with Crippen LogP contribution in [0.3, 0.4) is 0 Å². The Kier molecular flexibility index (Phi) is 3.57. The molecule has 0 saturated heterocycles. The topological polar surface area (TPSA) is 59.4 Å². The number of carbonyl (C=O) groups is 1. The fourth-order valence-corrected chi connectivity index (χ4v) is 1.99. The van der Waals surface area contributed by atoms with Gasteiger partial charge in [-0.15, -0.1) is 0 Å². The molecule has 4 nitrogen and oxygen atoms in total. The molecule has 94 valence electrons. The third kappa shape index (κ3) is 2.65. The highest BCUT2D eigenvalue weighted by Crippen LogP contribution is 2.20. The number of nitrogens with zero attached hydrogens (tertiary/aromatic N) is 1. The van der Waals surface area contributed by atoms with Crippen LogP contribution in [-0.2, 0) is 6.61 Å². The number of aryl methyl sites for hydroxylation is 1.